The van der Waals surface area contributed by atoms with Crippen LogP contribution in [0.2, 0.25) is 0 Å². The number of nitrogens with one attached hydrogen (secondary N) is 3. The van der Waals surface area contributed by atoms with Crippen LogP contribution in [0.25, 0.3) is 55.6 Å². The second-order valence-corrected chi connectivity index (χ2v) is 15.6. The molecular weight excluding hydrogens is 775 g/mol. The van der Waals surface area contributed by atoms with Gasteiger partial charge in [0.05, 0.1) is 56.4 Å². The highest BCUT2D eigenvalue weighted by atomic mass is 32.1. The Morgan fingerprint density at radius 2 is 1.78 bits per heavy atom. The number of benzene rings is 2. The van der Waals surface area contributed by atoms with Gasteiger partial charge in [0, 0.05) is 66.0 Å². The summed E-state index contributed by atoms with van der Waals surface area (Å²) in [6.45, 7) is 9.25. The van der Waals surface area contributed by atoms with Crippen molar-refractivity contribution < 1.29 is 14.2 Å². The van der Waals surface area contributed by atoms with Gasteiger partial charge in [-0.05, 0) is 86.3 Å². The summed E-state index contributed by atoms with van der Waals surface area (Å²) in [5.74, 6) is 3.72. The fourth-order valence-electron chi connectivity index (χ4n) is 7.61. The van der Waals surface area contributed by atoms with Gasteiger partial charge in [0.15, 0.2) is 11.5 Å². The highest BCUT2D eigenvalue weighted by Gasteiger charge is 2.24. The van der Waals surface area contributed by atoms with Gasteiger partial charge in [-0.2, -0.15) is 10.2 Å². The summed E-state index contributed by atoms with van der Waals surface area (Å²) in [7, 11) is 7.19. The number of morpholine rings is 1. The van der Waals surface area contributed by atoms with Crippen LogP contribution in [0.4, 0.5) is 11.6 Å². The predicted molar refractivity (Wildman–Crippen MR) is 239 cm³/mol. The minimum atomic E-state index is 0.0795. The fourth-order valence-corrected chi connectivity index (χ4v) is 8.53. The Balaban J connectivity index is 0.000000167. The number of aromatic nitrogens is 8. The van der Waals surface area contributed by atoms with Crippen molar-refractivity contribution in [2.24, 2.45) is 7.05 Å². The Labute approximate surface area is 353 Å². The lowest BCUT2D eigenvalue weighted by atomic mass is 10.0. The number of H-pyrrole nitrogens is 1. The average molecular weight is 824 g/mol. The first-order valence-electron chi connectivity index (χ1n) is 19.9. The van der Waals surface area contributed by atoms with E-state index in [9.17, 15) is 0 Å². The third kappa shape index (κ3) is 8.24. The van der Waals surface area contributed by atoms with Crippen LogP contribution in [0.5, 0.6) is 11.5 Å². The number of anilines is 2. The molecule has 15 heteroatoms. The van der Waals surface area contributed by atoms with Crippen LogP contribution in [0, 0.1) is 6.92 Å². The molecule has 60 heavy (non-hydrogen) atoms. The number of rotatable bonds is 11. The minimum absolute atomic E-state index is 0.0795. The van der Waals surface area contributed by atoms with Crippen LogP contribution >= 0.6 is 11.3 Å². The van der Waals surface area contributed by atoms with Crippen molar-refractivity contribution in [1.82, 2.24) is 45.2 Å². The molecule has 8 aromatic rings. The second kappa shape index (κ2) is 17.8. The Bertz CT molecular complexity index is 2730. The molecule has 0 saturated carbocycles. The van der Waals surface area contributed by atoms with Crippen LogP contribution in [-0.4, -0.2) is 87.0 Å². The van der Waals surface area contributed by atoms with Crippen LogP contribution in [0.1, 0.15) is 36.2 Å². The topological polar surface area (TPSA) is 153 Å². The molecule has 2 aromatic carbocycles. The van der Waals surface area contributed by atoms with Gasteiger partial charge in [-0.3, -0.25) is 14.8 Å². The average Bonchev–Trinajstić information content (AvgIpc) is 4.07. The van der Waals surface area contributed by atoms with Gasteiger partial charge in [-0.1, -0.05) is 24.3 Å². The first-order valence-corrected chi connectivity index (χ1v) is 20.7. The van der Waals surface area contributed by atoms with Crippen molar-refractivity contribution in [3.63, 3.8) is 0 Å². The molecule has 0 bridgehead atoms. The molecule has 1 fully saturated rings. The van der Waals surface area contributed by atoms with Gasteiger partial charge in [-0.25, -0.2) is 15.0 Å². The van der Waals surface area contributed by atoms with E-state index in [2.05, 4.69) is 101 Å². The van der Waals surface area contributed by atoms with Gasteiger partial charge in [0.1, 0.15) is 28.7 Å². The number of aryl methyl sites for hydroxylation is 2. The predicted octanol–water partition coefficient (Wildman–Crippen LogP) is 8.22. The van der Waals surface area contributed by atoms with Crippen molar-refractivity contribution in [2.75, 3.05) is 51.2 Å². The molecule has 1 saturated heterocycles. The molecule has 7 heterocycles. The van der Waals surface area contributed by atoms with Gasteiger partial charge in [0.2, 0.25) is 0 Å². The third-order valence-corrected chi connectivity index (χ3v) is 11.8. The highest BCUT2D eigenvalue weighted by molar-refractivity contribution is 7.10. The number of fused-ring (bicyclic) bond motifs is 2. The summed E-state index contributed by atoms with van der Waals surface area (Å²) >= 11 is 1.75. The van der Waals surface area contributed by atoms with E-state index < -0.39 is 0 Å². The molecule has 0 radical (unpaired) electrons. The third-order valence-electron chi connectivity index (χ3n) is 10.6. The molecule has 6 aromatic heterocycles. The maximum absolute atomic E-state index is 5.62. The Kier molecular flexibility index (Phi) is 12.0. The molecule has 2 atom stereocenters. The van der Waals surface area contributed by atoms with Crippen molar-refractivity contribution in [2.45, 2.75) is 39.4 Å². The van der Waals surface area contributed by atoms with E-state index in [0.717, 1.165) is 69.2 Å². The highest BCUT2D eigenvalue weighted by Crippen LogP contribution is 2.38. The molecule has 9 rings (SSSR count). The number of methoxy groups -OCH3 is 2. The zero-order valence-corrected chi connectivity index (χ0v) is 35.7. The second-order valence-electron chi connectivity index (χ2n) is 14.6. The van der Waals surface area contributed by atoms with Crippen molar-refractivity contribution in [3.05, 3.63) is 107 Å². The van der Waals surface area contributed by atoms with E-state index >= 15 is 0 Å². The Morgan fingerprint density at radius 3 is 2.53 bits per heavy atom. The normalized spacial score (nSPS) is 14.5. The van der Waals surface area contributed by atoms with Crippen molar-refractivity contribution in [1.29, 1.82) is 0 Å². The van der Waals surface area contributed by atoms with Gasteiger partial charge < -0.3 is 29.7 Å². The molecule has 1 aliphatic rings. The van der Waals surface area contributed by atoms with Crippen LogP contribution in [0.3, 0.4) is 0 Å². The van der Waals surface area contributed by atoms with Crippen LogP contribution < -0.4 is 25.0 Å². The molecule has 14 nitrogen and oxygen atoms in total. The van der Waals surface area contributed by atoms with Gasteiger partial charge >= 0.3 is 0 Å². The maximum atomic E-state index is 5.62. The molecule has 0 amide bonds. The SMILES string of the molecule is CC1COCCN1c1cc(-c2ccnn2C)c2ccnc(-c3ccn[nH]3)c2n1.CNCc1ccccc1-c1csc(C(C)Nc2nc(C)nc3cc(OC)c(OC)cc23)c1. The zero-order chi connectivity index (χ0) is 41.8. The van der Waals surface area contributed by atoms with Crippen molar-refractivity contribution >= 4 is 44.8 Å². The quantitative estimate of drug-likeness (QED) is 0.115. The van der Waals surface area contributed by atoms with Gasteiger partial charge in [0.25, 0.3) is 0 Å². The Hall–Kier alpha value is -6.42. The molecule has 0 aliphatic carbocycles. The van der Waals surface area contributed by atoms with E-state index in [1.54, 1.807) is 31.8 Å². The standard InChI is InChI=1S/C25H28N4O2S.C20H21N7O/c1-15(24-10-18(14-32-24)19-9-7-6-8-17(19)13-26-3)27-25-20-11-22(30-4)23(31-5)12-21(20)28-16(2)29-25;1-13-12-28-10-9-27(13)18-11-15(17-5-8-23-26(17)2)14-3-6-21-20(19(14)24-18)16-4-7-22-25-16/h6-12,14-15,26H,13H2,1-5H3,(H,27,28,29);3-8,11,13H,9-10,12H2,1-2H3,(H,22,25). The number of thiophene rings is 1. The van der Waals surface area contributed by atoms with Crippen molar-refractivity contribution in [3.8, 4) is 45.3 Å². The first-order chi connectivity index (χ1) is 29.3. The minimum Gasteiger partial charge on any atom is -0.493 e. The smallest absolute Gasteiger partial charge is 0.162 e. The van der Waals surface area contributed by atoms with E-state index in [-0.39, 0.29) is 12.1 Å². The zero-order valence-electron chi connectivity index (χ0n) is 34.9. The monoisotopic (exact) mass is 823 g/mol. The number of hydrogen-bond donors (Lipinski definition) is 3. The van der Waals surface area contributed by atoms with E-state index in [4.69, 9.17) is 19.2 Å². The molecule has 308 valence electrons. The summed E-state index contributed by atoms with van der Waals surface area (Å²) in [6.07, 6.45) is 5.36. The molecular formula is C45H49N11O3S. The molecule has 2 unspecified atom stereocenters. The Morgan fingerprint density at radius 1 is 0.950 bits per heavy atom. The molecule has 1 aliphatic heterocycles. The number of aromatic amines is 1. The summed E-state index contributed by atoms with van der Waals surface area (Å²) in [6, 6.07) is 23.0. The van der Waals surface area contributed by atoms with Crippen LogP contribution in [0.15, 0.2) is 90.7 Å². The summed E-state index contributed by atoms with van der Waals surface area (Å²) < 4.78 is 18.4. The summed E-state index contributed by atoms with van der Waals surface area (Å²) in [5.41, 5.74) is 9.22. The lowest BCUT2D eigenvalue weighted by Gasteiger charge is -2.34. The van der Waals surface area contributed by atoms with Crippen LogP contribution in [-0.2, 0) is 18.3 Å². The number of nitrogens with zero attached hydrogens (tertiary/aromatic N) is 8. The number of pyridine rings is 2. The number of ether oxygens (including phenoxy) is 3. The summed E-state index contributed by atoms with van der Waals surface area (Å²) in [5, 5.41) is 22.5. The number of hydrogen-bond acceptors (Lipinski definition) is 13. The van der Waals surface area contributed by atoms with Gasteiger partial charge in [-0.15, -0.1) is 11.3 Å². The first kappa shape index (κ1) is 40.4. The lowest BCUT2D eigenvalue weighted by Crippen LogP contribution is -2.44. The fraction of sp³-hybridized carbons (Fsp3) is 0.289. The van der Waals surface area contributed by atoms with E-state index in [1.165, 1.54) is 21.6 Å². The molecule has 3 N–H and O–H groups in total. The lowest BCUT2D eigenvalue weighted by molar-refractivity contribution is 0.0986. The van der Waals surface area contributed by atoms with E-state index in [1.807, 2.05) is 68.4 Å². The largest absolute Gasteiger partial charge is 0.493 e. The maximum Gasteiger partial charge on any atom is 0.162 e. The van der Waals surface area contributed by atoms with E-state index in [0.29, 0.717) is 30.5 Å². The summed E-state index contributed by atoms with van der Waals surface area (Å²) in [4.78, 5) is 22.4. The molecule has 0 spiro atoms.